The lowest BCUT2D eigenvalue weighted by Crippen LogP contribution is -2.27. The van der Waals surface area contributed by atoms with Gasteiger partial charge in [0.15, 0.2) is 0 Å². The molecular formula is C13H24. The van der Waals surface area contributed by atoms with Crippen LogP contribution < -0.4 is 0 Å². The normalized spacial score (nSPS) is 35.0. The Bertz CT molecular complexity index is 178. The van der Waals surface area contributed by atoms with Crippen LogP contribution in [0.2, 0.25) is 0 Å². The second kappa shape index (κ2) is 4.30. The summed E-state index contributed by atoms with van der Waals surface area (Å²) in [6.07, 6.45) is 4.16. The van der Waals surface area contributed by atoms with E-state index in [2.05, 4.69) is 34.3 Å². The van der Waals surface area contributed by atoms with Crippen LogP contribution in [-0.2, 0) is 0 Å². The van der Waals surface area contributed by atoms with Crippen molar-refractivity contribution in [3.05, 3.63) is 12.2 Å². The molecule has 3 atom stereocenters. The number of rotatable bonds is 2. The van der Waals surface area contributed by atoms with E-state index in [1.54, 1.807) is 0 Å². The molecule has 3 unspecified atom stereocenters. The Kier molecular flexibility index (Phi) is 3.58. The van der Waals surface area contributed by atoms with Crippen LogP contribution in [0.3, 0.4) is 0 Å². The SMILES string of the molecule is C=C(C)C1CCC(C)C(C(C)C)C1. The summed E-state index contributed by atoms with van der Waals surface area (Å²) in [5, 5.41) is 0. The van der Waals surface area contributed by atoms with Crippen LogP contribution in [0.1, 0.15) is 47.0 Å². The summed E-state index contributed by atoms with van der Waals surface area (Å²) in [5.41, 5.74) is 1.40. The fourth-order valence-corrected chi connectivity index (χ4v) is 2.73. The van der Waals surface area contributed by atoms with Crippen molar-refractivity contribution < 1.29 is 0 Å². The fraction of sp³-hybridized carbons (Fsp3) is 0.846. The molecule has 1 fully saturated rings. The Hall–Kier alpha value is -0.260. The first-order valence-electron chi connectivity index (χ1n) is 5.67. The van der Waals surface area contributed by atoms with Gasteiger partial charge in [0.2, 0.25) is 0 Å². The highest BCUT2D eigenvalue weighted by atomic mass is 14.3. The van der Waals surface area contributed by atoms with Gasteiger partial charge in [0.25, 0.3) is 0 Å². The molecule has 0 bridgehead atoms. The molecule has 0 heteroatoms. The van der Waals surface area contributed by atoms with Gasteiger partial charge in [0.1, 0.15) is 0 Å². The third-order valence-corrected chi connectivity index (χ3v) is 3.81. The molecule has 0 aliphatic heterocycles. The molecule has 0 amide bonds. The minimum absolute atomic E-state index is 0.809. The maximum atomic E-state index is 4.10. The molecule has 0 heterocycles. The van der Waals surface area contributed by atoms with Gasteiger partial charge in [-0.25, -0.2) is 0 Å². The quantitative estimate of drug-likeness (QED) is 0.557. The zero-order chi connectivity index (χ0) is 10.0. The van der Waals surface area contributed by atoms with Crippen molar-refractivity contribution in [1.29, 1.82) is 0 Å². The molecule has 0 radical (unpaired) electrons. The van der Waals surface area contributed by atoms with E-state index in [-0.39, 0.29) is 0 Å². The van der Waals surface area contributed by atoms with Crippen LogP contribution in [0.5, 0.6) is 0 Å². The van der Waals surface area contributed by atoms with Gasteiger partial charge >= 0.3 is 0 Å². The zero-order valence-corrected chi connectivity index (χ0v) is 9.64. The molecule has 1 saturated carbocycles. The summed E-state index contributed by atoms with van der Waals surface area (Å²) in [7, 11) is 0. The van der Waals surface area contributed by atoms with Crippen molar-refractivity contribution in [2.24, 2.45) is 23.7 Å². The highest BCUT2D eigenvalue weighted by Gasteiger charge is 2.29. The smallest absolute Gasteiger partial charge is 0.0206 e. The molecule has 13 heavy (non-hydrogen) atoms. The van der Waals surface area contributed by atoms with Crippen LogP contribution in [-0.4, -0.2) is 0 Å². The van der Waals surface area contributed by atoms with Gasteiger partial charge in [-0.2, -0.15) is 0 Å². The Morgan fingerprint density at radius 3 is 2.38 bits per heavy atom. The Morgan fingerprint density at radius 1 is 1.31 bits per heavy atom. The third kappa shape index (κ3) is 2.59. The van der Waals surface area contributed by atoms with E-state index in [1.807, 2.05) is 0 Å². The summed E-state index contributed by atoms with van der Waals surface area (Å²) >= 11 is 0. The van der Waals surface area contributed by atoms with Gasteiger partial charge in [-0.3, -0.25) is 0 Å². The average molecular weight is 180 g/mol. The van der Waals surface area contributed by atoms with E-state index < -0.39 is 0 Å². The fourth-order valence-electron chi connectivity index (χ4n) is 2.73. The summed E-state index contributed by atoms with van der Waals surface area (Å²) in [4.78, 5) is 0. The van der Waals surface area contributed by atoms with E-state index >= 15 is 0 Å². The molecule has 0 aromatic rings. The van der Waals surface area contributed by atoms with Crippen LogP contribution in [0.25, 0.3) is 0 Å². The van der Waals surface area contributed by atoms with Crippen molar-refractivity contribution in [1.82, 2.24) is 0 Å². The van der Waals surface area contributed by atoms with Crippen LogP contribution in [0.15, 0.2) is 12.2 Å². The first-order chi connectivity index (χ1) is 6.02. The molecule has 0 N–H and O–H groups in total. The summed E-state index contributed by atoms with van der Waals surface area (Å²) < 4.78 is 0. The van der Waals surface area contributed by atoms with Crippen LogP contribution >= 0.6 is 0 Å². The molecule has 0 nitrogen and oxygen atoms in total. The first kappa shape index (κ1) is 10.8. The van der Waals surface area contributed by atoms with Crippen molar-refractivity contribution in [3.8, 4) is 0 Å². The van der Waals surface area contributed by atoms with Gasteiger partial charge in [-0.15, -0.1) is 0 Å². The van der Waals surface area contributed by atoms with Crippen molar-refractivity contribution in [3.63, 3.8) is 0 Å². The molecule has 0 aromatic heterocycles. The minimum Gasteiger partial charge on any atom is -0.0999 e. The monoisotopic (exact) mass is 180 g/mol. The number of hydrogen-bond donors (Lipinski definition) is 0. The highest BCUT2D eigenvalue weighted by molar-refractivity contribution is 4.99. The van der Waals surface area contributed by atoms with Gasteiger partial charge in [0.05, 0.1) is 0 Å². The predicted octanol–water partition coefficient (Wildman–Crippen LogP) is 4.27. The average Bonchev–Trinajstić information content (AvgIpc) is 2.04. The molecular weight excluding hydrogens is 156 g/mol. The summed E-state index contributed by atoms with van der Waals surface area (Å²) in [5.74, 6) is 3.51. The summed E-state index contributed by atoms with van der Waals surface area (Å²) in [6, 6.07) is 0. The lowest BCUT2D eigenvalue weighted by Gasteiger charge is -2.37. The van der Waals surface area contributed by atoms with Gasteiger partial charge in [-0.1, -0.05) is 32.9 Å². The lowest BCUT2D eigenvalue weighted by atomic mass is 9.69. The molecule has 0 aromatic carbocycles. The Balaban J connectivity index is 2.58. The molecule has 0 saturated heterocycles. The maximum absolute atomic E-state index is 4.10. The third-order valence-electron chi connectivity index (χ3n) is 3.81. The molecule has 0 spiro atoms. The van der Waals surface area contributed by atoms with Crippen LogP contribution in [0.4, 0.5) is 0 Å². The highest BCUT2D eigenvalue weighted by Crippen LogP contribution is 2.40. The summed E-state index contributed by atoms with van der Waals surface area (Å²) in [6.45, 7) is 13.4. The zero-order valence-electron chi connectivity index (χ0n) is 9.64. The topological polar surface area (TPSA) is 0 Å². The Morgan fingerprint density at radius 2 is 1.92 bits per heavy atom. The standard InChI is InChI=1S/C13H24/c1-9(2)12-7-6-11(5)13(8-12)10(3)4/h10-13H,1,6-8H2,2-5H3. The first-order valence-corrected chi connectivity index (χ1v) is 5.67. The maximum Gasteiger partial charge on any atom is -0.0206 e. The van der Waals surface area contributed by atoms with E-state index in [4.69, 9.17) is 0 Å². The van der Waals surface area contributed by atoms with Gasteiger partial charge in [0, 0.05) is 0 Å². The van der Waals surface area contributed by atoms with Crippen LogP contribution in [0, 0.1) is 23.7 Å². The van der Waals surface area contributed by atoms with Gasteiger partial charge < -0.3 is 0 Å². The second-order valence-corrected chi connectivity index (χ2v) is 5.24. The van der Waals surface area contributed by atoms with Gasteiger partial charge in [-0.05, 0) is 49.9 Å². The van der Waals surface area contributed by atoms with E-state index in [1.165, 1.54) is 24.8 Å². The van der Waals surface area contributed by atoms with E-state index in [9.17, 15) is 0 Å². The van der Waals surface area contributed by atoms with Crippen molar-refractivity contribution in [2.75, 3.05) is 0 Å². The molecule has 76 valence electrons. The second-order valence-electron chi connectivity index (χ2n) is 5.24. The molecule has 1 aliphatic rings. The minimum atomic E-state index is 0.809. The lowest BCUT2D eigenvalue weighted by molar-refractivity contribution is 0.162. The number of allylic oxidation sites excluding steroid dienone is 1. The van der Waals surface area contributed by atoms with E-state index in [0.29, 0.717) is 0 Å². The van der Waals surface area contributed by atoms with Crippen molar-refractivity contribution >= 4 is 0 Å². The molecule has 1 aliphatic carbocycles. The molecule has 1 rings (SSSR count). The Labute approximate surface area is 83.4 Å². The largest absolute Gasteiger partial charge is 0.0999 e. The van der Waals surface area contributed by atoms with E-state index in [0.717, 1.165) is 23.7 Å². The number of hydrogen-bond acceptors (Lipinski definition) is 0. The van der Waals surface area contributed by atoms with Crippen molar-refractivity contribution in [2.45, 2.75) is 47.0 Å². The predicted molar refractivity (Wildman–Crippen MR) is 59.6 cm³/mol.